The highest BCUT2D eigenvalue weighted by Gasteiger charge is 2.31. The molecule has 2 rings (SSSR count). The fourth-order valence-electron chi connectivity index (χ4n) is 1.98. The van der Waals surface area contributed by atoms with Crippen molar-refractivity contribution in [2.45, 2.75) is 26.6 Å². The molecule has 1 aromatic carbocycles. The largest absolute Gasteiger partial charge is 0.573 e. The first kappa shape index (κ1) is 19.8. The number of amides is 1. The maximum Gasteiger partial charge on any atom is 0.573 e. The van der Waals surface area contributed by atoms with Gasteiger partial charge in [-0.3, -0.25) is 9.59 Å². The minimum Gasteiger partial charge on any atom is -0.406 e. The first-order valence-corrected chi connectivity index (χ1v) is 8.50. The first-order valence-electron chi connectivity index (χ1n) is 7.52. The van der Waals surface area contributed by atoms with Crippen LogP contribution in [0.4, 0.5) is 18.9 Å². The number of aryl methyl sites for hydroxylation is 1. The Morgan fingerprint density at radius 3 is 2.50 bits per heavy atom. The molecule has 1 heterocycles. The Bertz CT molecular complexity index is 788. The number of thioether (sulfide) groups is 1. The van der Waals surface area contributed by atoms with Gasteiger partial charge >= 0.3 is 6.36 Å². The maximum absolute atomic E-state index is 12.4. The number of ether oxygens (including phenoxy) is 1. The lowest BCUT2D eigenvalue weighted by atomic mass is 10.2. The summed E-state index contributed by atoms with van der Waals surface area (Å²) < 4.78 is 45.1. The number of halogens is 3. The third kappa shape index (κ3) is 5.25. The van der Waals surface area contributed by atoms with Gasteiger partial charge in [-0.2, -0.15) is 0 Å². The SMILES string of the molecule is CCCSC(=O)c1noc(C)c1C(=O)Nc1ccc(OC(F)(F)F)cc1. The molecule has 140 valence electrons. The minimum atomic E-state index is -4.80. The van der Waals surface area contributed by atoms with Gasteiger partial charge in [0.25, 0.3) is 5.91 Å². The molecule has 0 saturated heterocycles. The van der Waals surface area contributed by atoms with Crippen molar-refractivity contribution in [1.29, 1.82) is 0 Å². The van der Waals surface area contributed by atoms with Crippen molar-refractivity contribution < 1.29 is 32.0 Å². The fourth-order valence-corrected chi connectivity index (χ4v) is 2.64. The number of carbonyl (C=O) groups excluding carboxylic acids is 2. The van der Waals surface area contributed by atoms with Gasteiger partial charge in [0.05, 0.1) is 0 Å². The van der Waals surface area contributed by atoms with Crippen LogP contribution in [0.2, 0.25) is 0 Å². The van der Waals surface area contributed by atoms with Crippen LogP contribution in [0.25, 0.3) is 0 Å². The van der Waals surface area contributed by atoms with Crippen LogP contribution in [-0.2, 0) is 0 Å². The summed E-state index contributed by atoms with van der Waals surface area (Å²) in [4.78, 5) is 24.5. The Balaban J connectivity index is 2.13. The lowest BCUT2D eigenvalue weighted by Crippen LogP contribution is -2.17. The van der Waals surface area contributed by atoms with E-state index in [2.05, 4.69) is 15.2 Å². The summed E-state index contributed by atoms with van der Waals surface area (Å²) in [5.41, 5.74) is 0.134. The first-order chi connectivity index (χ1) is 12.2. The van der Waals surface area contributed by atoms with Crippen molar-refractivity contribution in [3.05, 3.63) is 41.3 Å². The van der Waals surface area contributed by atoms with Gasteiger partial charge in [-0.15, -0.1) is 13.2 Å². The normalized spacial score (nSPS) is 11.3. The van der Waals surface area contributed by atoms with Crippen molar-refractivity contribution in [2.24, 2.45) is 0 Å². The Kier molecular flexibility index (Phi) is 6.30. The number of benzene rings is 1. The van der Waals surface area contributed by atoms with Gasteiger partial charge in [0.15, 0.2) is 5.69 Å². The number of hydrogen-bond donors (Lipinski definition) is 1. The van der Waals surface area contributed by atoms with Crippen LogP contribution in [0, 0.1) is 6.92 Å². The third-order valence-corrected chi connectivity index (χ3v) is 4.13. The summed E-state index contributed by atoms with van der Waals surface area (Å²) in [6, 6.07) is 4.61. The van der Waals surface area contributed by atoms with Crippen molar-refractivity contribution in [1.82, 2.24) is 5.16 Å². The third-order valence-electron chi connectivity index (χ3n) is 3.07. The van der Waals surface area contributed by atoms with Gasteiger partial charge in [-0.25, -0.2) is 0 Å². The molecule has 26 heavy (non-hydrogen) atoms. The lowest BCUT2D eigenvalue weighted by molar-refractivity contribution is -0.274. The predicted octanol–water partition coefficient (Wildman–Crippen LogP) is 4.42. The fraction of sp³-hybridized carbons (Fsp3) is 0.312. The molecular formula is C16H15F3N2O4S. The average Bonchev–Trinajstić information content (AvgIpc) is 2.95. The molecule has 0 bridgehead atoms. The molecule has 0 spiro atoms. The number of anilines is 1. The molecule has 1 amide bonds. The summed E-state index contributed by atoms with van der Waals surface area (Å²) in [6.45, 7) is 3.40. The van der Waals surface area contributed by atoms with Crippen molar-refractivity contribution in [2.75, 3.05) is 11.1 Å². The van der Waals surface area contributed by atoms with Gasteiger partial charge < -0.3 is 14.6 Å². The molecule has 10 heteroatoms. The topological polar surface area (TPSA) is 81.4 Å². The van der Waals surface area contributed by atoms with E-state index in [0.717, 1.165) is 30.3 Å². The molecule has 1 aromatic heterocycles. The Morgan fingerprint density at radius 2 is 1.92 bits per heavy atom. The molecule has 0 saturated carbocycles. The Hall–Kier alpha value is -2.49. The van der Waals surface area contributed by atoms with Gasteiger partial charge in [0.2, 0.25) is 5.12 Å². The Labute approximate surface area is 151 Å². The second-order valence-corrected chi connectivity index (χ2v) is 6.19. The van der Waals surface area contributed by atoms with Gasteiger partial charge in [-0.05, 0) is 37.6 Å². The average molecular weight is 388 g/mol. The monoisotopic (exact) mass is 388 g/mol. The summed E-state index contributed by atoms with van der Waals surface area (Å²) in [5, 5.41) is 5.74. The quantitative estimate of drug-likeness (QED) is 0.789. The molecule has 2 aromatic rings. The van der Waals surface area contributed by atoms with Gasteiger partial charge in [0, 0.05) is 11.4 Å². The maximum atomic E-state index is 12.4. The number of nitrogens with one attached hydrogen (secondary N) is 1. The van der Waals surface area contributed by atoms with Crippen LogP contribution < -0.4 is 10.1 Å². The molecule has 0 radical (unpaired) electrons. The molecule has 0 aliphatic heterocycles. The smallest absolute Gasteiger partial charge is 0.406 e. The number of hydrogen-bond acceptors (Lipinski definition) is 6. The predicted molar refractivity (Wildman–Crippen MR) is 89.4 cm³/mol. The van der Waals surface area contributed by atoms with E-state index in [1.165, 1.54) is 19.1 Å². The van der Waals surface area contributed by atoms with Crippen molar-refractivity contribution >= 4 is 28.5 Å². The highest BCUT2D eigenvalue weighted by Crippen LogP contribution is 2.25. The summed E-state index contributed by atoms with van der Waals surface area (Å²) in [6.07, 6.45) is -4.02. The van der Waals surface area contributed by atoms with Crippen LogP contribution in [-0.4, -0.2) is 28.3 Å². The summed E-state index contributed by atoms with van der Waals surface area (Å²) in [5.74, 6) is -0.316. The molecular weight excluding hydrogens is 373 g/mol. The lowest BCUT2D eigenvalue weighted by Gasteiger charge is -2.10. The number of carbonyl (C=O) groups is 2. The summed E-state index contributed by atoms with van der Waals surface area (Å²) in [7, 11) is 0. The standard InChI is InChI=1S/C16H15F3N2O4S/c1-3-8-26-15(23)13-12(9(2)25-21-13)14(22)20-10-4-6-11(7-5-10)24-16(17,18)19/h4-7H,3,8H2,1-2H3,(H,20,22). The van der Waals surface area contributed by atoms with Crippen LogP contribution in [0.1, 0.15) is 40.0 Å². The zero-order valence-corrected chi connectivity index (χ0v) is 14.7. The summed E-state index contributed by atoms with van der Waals surface area (Å²) >= 11 is 1.02. The van der Waals surface area contributed by atoms with E-state index in [1.54, 1.807) is 0 Å². The number of rotatable bonds is 6. The van der Waals surface area contributed by atoms with E-state index in [0.29, 0.717) is 5.75 Å². The van der Waals surface area contributed by atoms with Gasteiger partial charge in [0.1, 0.15) is 17.1 Å². The molecule has 6 nitrogen and oxygen atoms in total. The highest BCUT2D eigenvalue weighted by atomic mass is 32.2. The molecule has 0 fully saturated rings. The molecule has 0 unspecified atom stereocenters. The zero-order chi connectivity index (χ0) is 19.3. The van der Waals surface area contributed by atoms with E-state index in [9.17, 15) is 22.8 Å². The second kappa shape index (κ2) is 8.26. The second-order valence-electron chi connectivity index (χ2n) is 5.12. The number of aromatic nitrogens is 1. The van der Waals surface area contributed by atoms with E-state index < -0.39 is 18.0 Å². The zero-order valence-electron chi connectivity index (χ0n) is 13.8. The molecule has 0 atom stereocenters. The van der Waals surface area contributed by atoms with Crippen molar-refractivity contribution in [3.63, 3.8) is 0 Å². The van der Waals surface area contributed by atoms with E-state index in [1.807, 2.05) is 6.92 Å². The molecule has 0 aliphatic carbocycles. The van der Waals surface area contributed by atoms with Crippen LogP contribution in [0.15, 0.2) is 28.8 Å². The van der Waals surface area contributed by atoms with E-state index in [-0.39, 0.29) is 27.8 Å². The van der Waals surface area contributed by atoms with Crippen LogP contribution in [0.5, 0.6) is 5.75 Å². The van der Waals surface area contributed by atoms with E-state index in [4.69, 9.17) is 4.52 Å². The Morgan fingerprint density at radius 1 is 1.27 bits per heavy atom. The highest BCUT2D eigenvalue weighted by molar-refractivity contribution is 8.14. The van der Waals surface area contributed by atoms with Crippen LogP contribution in [0.3, 0.4) is 0 Å². The van der Waals surface area contributed by atoms with E-state index >= 15 is 0 Å². The number of alkyl halides is 3. The van der Waals surface area contributed by atoms with Crippen LogP contribution >= 0.6 is 11.8 Å². The number of nitrogens with zero attached hydrogens (tertiary/aromatic N) is 1. The van der Waals surface area contributed by atoms with Crippen molar-refractivity contribution in [3.8, 4) is 5.75 Å². The molecule has 0 aliphatic rings. The minimum absolute atomic E-state index is 0.00535. The van der Waals surface area contributed by atoms with Gasteiger partial charge in [-0.1, -0.05) is 23.8 Å². The molecule has 1 N–H and O–H groups in total.